The van der Waals surface area contributed by atoms with Crippen LogP contribution in [0.2, 0.25) is 0 Å². The van der Waals surface area contributed by atoms with Gasteiger partial charge in [0.1, 0.15) is 5.56 Å². The standard InChI is InChI=1S/C12H14N2O4/c1-9-2-3-10(11(8-9)14(16)17)12(15)13-4-6-18-7-5-13/h2-3,8H,4-7H2,1H3. The summed E-state index contributed by atoms with van der Waals surface area (Å²) >= 11 is 0. The molecule has 2 rings (SSSR count). The predicted molar refractivity (Wildman–Crippen MR) is 64.6 cm³/mol. The van der Waals surface area contributed by atoms with E-state index in [0.29, 0.717) is 26.3 Å². The smallest absolute Gasteiger partial charge is 0.282 e. The number of benzene rings is 1. The van der Waals surface area contributed by atoms with Crippen molar-refractivity contribution >= 4 is 11.6 Å². The van der Waals surface area contributed by atoms with Gasteiger partial charge in [-0.1, -0.05) is 6.07 Å². The van der Waals surface area contributed by atoms with E-state index in [2.05, 4.69) is 0 Å². The molecule has 18 heavy (non-hydrogen) atoms. The van der Waals surface area contributed by atoms with Crippen molar-refractivity contribution in [2.75, 3.05) is 26.3 Å². The van der Waals surface area contributed by atoms with Gasteiger partial charge in [0, 0.05) is 19.2 Å². The van der Waals surface area contributed by atoms with Crippen LogP contribution in [-0.2, 0) is 4.74 Å². The largest absolute Gasteiger partial charge is 0.378 e. The summed E-state index contributed by atoms with van der Waals surface area (Å²) < 4.78 is 5.15. The van der Waals surface area contributed by atoms with Crippen LogP contribution >= 0.6 is 0 Å². The fourth-order valence-electron chi connectivity index (χ4n) is 1.91. The molecule has 0 unspecified atom stereocenters. The molecule has 0 saturated carbocycles. The van der Waals surface area contributed by atoms with E-state index in [1.807, 2.05) is 0 Å². The molecule has 1 fully saturated rings. The Balaban J connectivity index is 2.31. The molecule has 1 aliphatic heterocycles. The maximum atomic E-state index is 12.2. The second-order valence-corrected chi connectivity index (χ2v) is 4.18. The number of rotatable bonds is 2. The molecule has 1 heterocycles. The first-order valence-corrected chi connectivity index (χ1v) is 5.71. The Bertz CT molecular complexity index is 481. The SMILES string of the molecule is Cc1ccc(C(=O)N2CCOCC2)c([N+](=O)[O-])c1. The fourth-order valence-corrected chi connectivity index (χ4v) is 1.91. The van der Waals surface area contributed by atoms with Gasteiger partial charge >= 0.3 is 0 Å². The van der Waals surface area contributed by atoms with Crippen LogP contribution in [-0.4, -0.2) is 42.0 Å². The number of ether oxygens (including phenoxy) is 1. The molecule has 1 aromatic carbocycles. The topological polar surface area (TPSA) is 72.7 Å². The molecule has 1 aromatic rings. The number of aryl methyl sites for hydroxylation is 1. The summed E-state index contributed by atoms with van der Waals surface area (Å²) in [7, 11) is 0. The summed E-state index contributed by atoms with van der Waals surface area (Å²) in [5.74, 6) is -0.301. The van der Waals surface area contributed by atoms with Gasteiger partial charge in [-0.3, -0.25) is 14.9 Å². The predicted octanol–water partition coefficient (Wildman–Crippen LogP) is 1.38. The Kier molecular flexibility index (Phi) is 3.57. The molecule has 1 amide bonds. The first-order valence-electron chi connectivity index (χ1n) is 5.71. The van der Waals surface area contributed by atoms with Crippen molar-refractivity contribution in [3.63, 3.8) is 0 Å². The molecule has 1 saturated heterocycles. The van der Waals surface area contributed by atoms with Gasteiger partial charge in [-0.2, -0.15) is 0 Å². The number of amides is 1. The highest BCUT2D eigenvalue weighted by atomic mass is 16.6. The Hall–Kier alpha value is -1.95. The number of hydrogen-bond acceptors (Lipinski definition) is 4. The van der Waals surface area contributed by atoms with E-state index in [0.717, 1.165) is 5.56 Å². The molecule has 1 aliphatic rings. The Labute approximate surface area is 104 Å². The van der Waals surface area contributed by atoms with Gasteiger partial charge in [0.15, 0.2) is 0 Å². The minimum absolute atomic E-state index is 0.133. The third-order valence-electron chi connectivity index (χ3n) is 2.88. The number of nitro benzene ring substituents is 1. The van der Waals surface area contributed by atoms with Crippen LogP contribution in [0.25, 0.3) is 0 Å². The average Bonchev–Trinajstić information content (AvgIpc) is 2.39. The van der Waals surface area contributed by atoms with E-state index in [-0.39, 0.29) is 17.2 Å². The van der Waals surface area contributed by atoms with E-state index in [4.69, 9.17) is 4.74 Å². The Morgan fingerprint density at radius 2 is 2.06 bits per heavy atom. The van der Waals surface area contributed by atoms with Crippen LogP contribution < -0.4 is 0 Å². The van der Waals surface area contributed by atoms with Crippen molar-refractivity contribution in [3.05, 3.63) is 39.4 Å². The molecular weight excluding hydrogens is 236 g/mol. The van der Waals surface area contributed by atoms with Crippen molar-refractivity contribution in [3.8, 4) is 0 Å². The van der Waals surface area contributed by atoms with Gasteiger partial charge < -0.3 is 9.64 Å². The maximum Gasteiger partial charge on any atom is 0.282 e. The van der Waals surface area contributed by atoms with E-state index < -0.39 is 4.92 Å². The molecule has 0 N–H and O–H groups in total. The highest BCUT2D eigenvalue weighted by molar-refractivity contribution is 5.98. The lowest BCUT2D eigenvalue weighted by Gasteiger charge is -2.26. The zero-order valence-corrected chi connectivity index (χ0v) is 10.1. The van der Waals surface area contributed by atoms with Crippen LogP contribution in [0.5, 0.6) is 0 Å². The lowest BCUT2D eigenvalue weighted by Crippen LogP contribution is -2.40. The summed E-state index contributed by atoms with van der Waals surface area (Å²) in [6.45, 7) is 3.67. The number of nitrogens with zero attached hydrogens (tertiary/aromatic N) is 2. The minimum Gasteiger partial charge on any atom is -0.378 e. The van der Waals surface area contributed by atoms with E-state index in [9.17, 15) is 14.9 Å². The number of hydrogen-bond donors (Lipinski definition) is 0. The van der Waals surface area contributed by atoms with E-state index >= 15 is 0 Å². The second kappa shape index (κ2) is 5.14. The molecule has 0 bridgehead atoms. The van der Waals surface area contributed by atoms with Crippen LogP contribution in [0.15, 0.2) is 18.2 Å². The average molecular weight is 250 g/mol. The van der Waals surface area contributed by atoms with Gasteiger partial charge in [-0.15, -0.1) is 0 Å². The van der Waals surface area contributed by atoms with Crippen molar-refractivity contribution in [1.29, 1.82) is 0 Å². The molecule has 0 spiro atoms. The lowest BCUT2D eigenvalue weighted by molar-refractivity contribution is -0.385. The fraction of sp³-hybridized carbons (Fsp3) is 0.417. The Morgan fingerprint density at radius 1 is 1.39 bits per heavy atom. The molecule has 96 valence electrons. The Morgan fingerprint density at radius 3 is 2.67 bits per heavy atom. The summed E-state index contributed by atoms with van der Waals surface area (Å²) in [4.78, 5) is 24.2. The highest BCUT2D eigenvalue weighted by Crippen LogP contribution is 2.22. The summed E-state index contributed by atoms with van der Waals surface area (Å²) in [5.41, 5.74) is 0.777. The molecule has 0 aliphatic carbocycles. The summed E-state index contributed by atoms with van der Waals surface area (Å²) in [6, 6.07) is 4.65. The van der Waals surface area contributed by atoms with Crippen molar-refractivity contribution < 1.29 is 14.5 Å². The van der Waals surface area contributed by atoms with Gasteiger partial charge in [0.25, 0.3) is 11.6 Å². The maximum absolute atomic E-state index is 12.2. The van der Waals surface area contributed by atoms with Crippen molar-refractivity contribution in [2.24, 2.45) is 0 Å². The van der Waals surface area contributed by atoms with Crippen molar-refractivity contribution in [1.82, 2.24) is 4.90 Å². The molecule has 0 aromatic heterocycles. The highest BCUT2D eigenvalue weighted by Gasteiger charge is 2.25. The third-order valence-corrected chi connectivity index (χ3v) is 2.88. The second-order valence-electron chi connectivity index (χ2n) is 4.18. The van der Waals surface area contributed by atoms with Gasteiger partial charge in [-0.25, -0.2) is 0 Å². The van der Waals surface area contributed by atoms with Crippen molar-refractivity contribution in [2.45, 2.75) is 6.92 Å². The van der Waals surface area contributed by atoms with Gasteiger partial charge in [0.05, 0.1) is 18.1 Å². The zero-order valence-electron chi connectivity index (χ0n) is 10.1. The summed E-state index contributed by atoms with van der Waals surface area (Å²) in [5, 5.41) is 11.0. The third kappa shape index (κ3) is 2.48. The number of nitro groups is 1. The first-order chi connectivity index (χ1) is 8.59. The van der Waals surface area contributed by atoms with Crippen LogP contribution in [0.3, 0.4) is 0 Å². The molecule has 0 atom stereocenters. The number of morpholine rings is 1. The van der Waals surface area contributed by atoms with Crippen LogP contribution in [0.4, 0.5) is 5.69 Å². The molecule has 0 radical (unpaired) electrons. The normalized spacial score (nSPS) is 15.5. The van der Waals surface area contributed by atoms with Gasteiger partial charge in [0.2, 0.25) is 0 Å². The molecule has 6 heteroatoms. The van der Waals surface area contributed by atoms with Gasteiger partial charge in [-0.05, 0) is 18.6 Å². The molecule has 6 nitrogen and oxygen atoms in total. The van der Waals surface area contributed by atoms with E-state index in [1.54, 1.807) is 17.9 Å². The zero-order chi connectivity index (χ0) is 13.1. The van der Waals surface area contributed by atoms with E-state index in [1.165, 1.54) is 12.1 Å². The lowest BCUT2D eigenvalue weighted by atomic mass is 10.1. The summed E-state index contributed by atoms with van der Waals surface area (Å²) in [6.07, 6.45) is 0. The quantitative estimate of drug-likeness (QED) is 0.587. The number of carbonyl (C=O) groups excluding carboxylic acids is 1. The number of carbonyl (C=O) groups is 1. The van der Waals surface area contributed by atoms with Crippen LogP contribution in [0.1, 0.15) is 15.9 Å². The minimum atomic E-state index is -0.513. The van der Waals surface area contributed by atoms with Crippen LogP contribution in [0, 0.1) is 17.0 Å². The monoisotopic (exact) mass is 250 g/mol. The molecular formula is C12H14N2O4. The first kappa shape index (κ1) is 12.5.